The molecule has 2 N–H and O–H groups in total. The minimum atomic E-state index is -0.249. The third-order valence-electron chi connectivity index (χ3n) is 5.22. The standard InChI is InChI=1S/C21H26ClN3O3/c1-5-25(16-10-28-11-16)19-8-15(22)7-17(14(19)4)20(26)23-9-18-12(2)6-13(3)24-21(18)27/h6-8,16H,5,9-11H2,1-4H3,(H,23,26)(H,24,27). The summed E-state index contributed by atoms with van der Waals surface area (Å²) in [5, 5.41) is 3.37. The van der Waals surface area contributed by atoms with E-state index in [0.29, 0.717) is 35.4 Å². The third kappa shape index (κ3) is 4.08. The monoisotopic (exact) mass is 403 g/mol. The Morgan fingerprint density at radius 3 is 2.57 bits per heavy atom. The van der Waals surface area contributed by atoms with E-state index in [1.807, 2.05) is 32.9 Å². The highest BCUT2D eigenvalue weighted by Gasteiger charge is 2.27. The number of nitrogens with zero attached hydrogens (tertiary/aromatic N) is 1. The van der Waals surface area contributed by atoms with E-state index in [9.17, 15) is 9.59 Å². The summed E-state index contributed by atoms with van der Waals surface area (Å²) in [6, 6.07) is 5.76. The SMILES string of the molecule is CCN(c1cc(Cl)cc(C(=O)NCc2c(C)cc(C)[nH]c2=O)c1C)C1COC1. The van der Waals surface area contributed by atoms with Crippen molar-refractivity contribution < 1.29 is 9.53 Å². The van der Waals surface area contributed by atoms with E-state index in [1.54, 1.807) is 6.07 Å². The first-order valence-electron chi connectivity index (χ1n) is 9.44. The van der Waals surface area contributed by atoms with E-state index < -0.39 is 0 Å². The summed E-state index contributed by atoms with van der Waals surface area (Å²) in [5.74, 6) is -0.249. The van der Waals surface area contributed by atoms with Crippen LogP contribution >= 0.6 is 11.6 Å². The summed E-state index contributed by atoms with van der Waals surface area (Å²) < 4.78 is 5.32. The zero-order chi connectivity index (χ0) is 20.4. The minimum absolute atomic E-state index is 0.162. The van der Waals surface area contributed by atoms with Crippen molar-refractivity contribution in [2.24, 2.45) is 0 Å². The molecule has 1 amide bonds. The molecule has 150 valence electrons. The number of carbonyl (C=O) groups is 1. The normalized spacial score (nSPS) is 13.9. The van der Waals surface area contributed by atoms with Gasteiger partial charge in [0.2, 0.25) is 0 Å². The molecule has 1 fully saturated rings. The first-order valence-corrected chi connectivity index (χ1v) is 9.81. The fraction of sp³-hybridized carbons (Fsp3) is 0.429. The number of carbonyl (C=O) groups excluding carboxylic acids is 1. The lowest BCUT2D eigenvalue weighted by molar-refractivity contribution is 0.00844. The highest BCUT2D eigenvalue weighted by atomic mass is 35.5. The van der Waals surface area contributed by atoms with Crippen LogP contribution in [0.5, 0.6) is 0 Å². The zero-order valence-electron chi connectivity index (χ0n) is 16.7. The first-order chi connectivity index (χ1) is 13.3. The van der Waals surface area contributed by atoms with Gasteiger partial charge in [-0.15, -0.1) is 0 Å². The Morgan fingerprint density at radius 2 is 2.00 bits per heavy atom. The van der Waals surface area contributed by atoms with Crippen LogP contribution < -0.4 is 15.8 Å². The van der Waals surface area contributed by atoms with Gasteiger partial charge in [-0.25, -0.2) is 0 Å². The molecule has 1 aliphatic heterocycles. The smallest absolute Gasteiger partial charge is 0.253 e. The lowest BCUT2D eigenvalue weighted by Crippen LogP contribution is -2.49. The summed E-state index contributed by atoms with van der Waals surface area (Å²) in [6.07, 6.45) is 0. The molecule has 0 spiro atoms. The number of aromatic nitrogens is 1. The predicted octanol–water partition coefficient (Wildman–Crippen LogP) is 3.11. The van der Waals surface area contributed by atoms with E-state index in [4.69, 9.17) is 16.3 Å². The molecule has 1 aromatic heterocycles. The summed E-state index contributed by atoms with van der Waals surface area (Å²) in [4.78, 5) is 30.0. The van der Waals surface area contributed by atoms with Gasteiger partial charge in [0.25, 0.3) is 11.5 Å². The number of likely N-dealkylation sites (N-methyl/N-ethyl adjacent to an activating group) is 1. The predicted molar refractivity (Wildman–Crippen MR) is 112 cm³/mol. The molecule has 2 aromatic rings. The molecular weight excluding hydrogens is 378 g/mol. The maximum absolute atomic E-state index is 12.9. The van der Waals surface area contributed by atoms with Crippen LogP contribution in [0.3, 0.4) is 0 Å². The largest absolute Gasteiger partial charge is 0.377 e. The van der Waals surface area contributed by atoms with E-state index in [2.05, 4.69) is 22.1 Å². The maximum atomic E-state index is 12.9. The molecule has 0 saturated carbocycles. The Hall–Kier alpha value is -2.31. The molecule has 0 atom stereocenters. The van der Waals surface area contributed by atoms with Crippen molar-refractivity contribution in [3.8, 4) is 0 Å². The van der Waals surface area contributed by atoms with Gasteiger partial charge in [-0.3, -0.25) is 9.59 Å². The quantitative estimate of drug-likeness (QED) is 0.777. The molecular formula is C21H26ClN3O3. The maximum Gasteiger partial charge on any atom is 0.253 e. The van der Waals surface area contributed by atoms with E-state index in [-0.39, 0.29) is 18.0 Å². The van der Waals surface area contributed by atoms with Crippen molar-refractivity contribution in [1.82, 2.24) is 10.3 Å². The minimum Gasteiger partial charge on any atom is -0.377 e. The molecule has 1 aliphatic rings. The van der Waals surface area contributed by atoms with Crippen molar-refractivity contribution in [2.75, 3.05) is 24.7 Å². The molecule has 1 aromatic carbocycles. The summed E-state index contributed by atoms with van der Waals surface area (Å²) in [5.41, 5.74) is 4.36. The molecule has 7 heteroatoms. The molecule has 0 radical (unpaired) electrons. The number of hydrogen-bond acceptors (Lipinski definition) is 4. The van der Waals surface area contributed by atoms with Gasteiger partial charge < -0.3 is 19.9 Å². The van der Waals surface area contributed by atoms with E-state index in [1.165, 1.54) is 0 Å². The number of amides is 1. The number of H-pyrrole nitrogens is 1. The van der Waals surface area contributed by atoms with Gasteiger partial charge >= 0.3 is 0 Å². The average molecular weight is 404 g/mol. The molecule has 2 heterocycles. The van der Waals surface area contributed by atoms with Crippen LogP contribution in [0.25, 0.3) is 0 Å². The number of nitrogens with one attached hydrogen (secondary N) is 2. The van der Waals surface area contributed by atoms with Gasteiger partial charge in [-0.05, 0) is 57.0 Å². The molecule has 0 bridgehead atoms. The summed E-state index contributed by atoms with van der Waals surface area (Å²) in [7, 11) is 0. The first kappa shape index (κ1) is 20.4. The van der Waals surface area contributed by atoms with E-state index >= 15 is 0 Å². The Kier molecular flexibility index (Phi) is 6.10. The van der Waals surface area contributed by atoms with E-state index in [0.717, 1.165) is 29.1 Å². The molecule has 0 unspecified atom stereocenters. The fourth-order valence-electron chi connectivity index (χ4n) is 3.59. The van der Waals surface area contributed by atoms with Crippen molar-refractivity contribution in [3.63, 3.8) is 0 Å². The van der Waals surface area contributed by atoms with Crippen molar-refractivity contribution in [2.45, 2.75) is 40.3 Å². The number of ether oxygens (including phenoxy) is 1. The molecule has 1 saturated heterocycles. The van der Waals surface area contributed by atoms with Crippen LogP contribution in [0, 0.1) is 20.8 Å². The average Bonchev–Trinajstić information content (AvgIpc) is 2.58. The topological polar surface area (TPSA) is 74.4 Å². The highest BCUT2D eigenvalue weighted by molar-refractivity contribution is 6.31. The number of hydrogen-bond donors (Lipinski definition) is 2. The number of anilines is 1. The molecule has 6 nitrogen and oxygen atoms in total. The Labute approximate surface area is 169 Å². The second-order valence-corrected chi connectivity index (χ2v) is 7.64. The lowest BCUT2D eigenvalue weighted by Gasteiger charge is -2.39. The van der Waals surface area contributed by atoms with Crippen molar-refractivity contribution >= 4 is 23.2 Å². The van der Waals surface area contributed by atoms with Gasteiger partial charge in [0.1, 0.15) is 0 Å². The number of rotatable bonds is 6. The number of halogens is 1. The molecule has 0 aliphatic carbocycles. The Balaban J connectivity index is 1.85. The Bertz CT molecular complexity index is 951. The lowest BCUT2D eigenvalue weighted by atomic mass is 10.0. The van der Waals surface area contributed by atoms with Crippen LogP contribution in [0.1, 0.15) is 39.7 Å². The summed E-state index contributed by atoms with van der Waals surface area (Å²) >= 11 is 6.33. The van der Waals surface area contributed by atoms with Crippen LogP contribution in [-0.4, -0.2) is 36.7 Å². The van der Waals surface area contributed by atoms with Gasteiger partial charge in [0.05, 0.1) is 19.3 Å². The fourth-order valence-corrected chi connectivity index (χ4v) is 3.80. The van der Waals surface area contributed by atoms with Crippen LogP contribution in [0.15, 0.2) is 23.0 Å². The van der Waals surface area contributed by atoms with Crippen LogP contribution in [-0.2, 0) is 11.3 Å². The number of aromatic amines is 1. The second kappa shape index (κ2) is 8.37. The van der Waals surface area contributed by atoms with Gasteiger partial charge in [-0.2, -0.15) is 0 Å². The van der Waals surface area contributed by atoms with Gasteiger partial charge in [0, 0.05) is 40.6 Å². The van der Waals surface area contributed by atoms with Crippen LogP contribution in [0.4, 0.5) is 5.69 Å². The number of aryl methyl sites for hydroxylation is 2. The van der Waals surface area contributed by atoms with Crippen LogP contribution in [0.2, 0.25) is 5.02 Å². The van der Waals surface area contributed by atoms with Gasteiger partial charge in [-0.1, -0.05) is 11.6 Å². The van der Waals surface area contributed by atoms with Gasteiger partial charge in [0.15, 0.2) is 0 Å². The van der Waals surface area contributed by atoms with Crippen molar-refractivity contribution in [3.05, 3.63) is 61.5 Å². The zero-order valence-corrected chi connectivity index (χ0v) is 17.4. The van der Waals surface area contributed by atoms with Crippen molar-refractivity contribution in [1.29, 1.82) is 0 Å². The molecule has 3 rings (SSSR count). The third-order valence-corrected chi connectivity index (χ3v) is 5.44. The number of benzene rings is 1. The number of pyridine rings is 1. The molecule has 28 heavy (non-hydrogen) atoms. The highest BCUT2D eigenvalue weighted by Crippen LogP contribution is 2.31. The summed E-state index contributed by atoms with van der Waals surface area (Å²) in [6.45, 7) is 10.0. The second-order valence-electron chi connectivity index (χ2n) is 7.20. The Morgan fingerprint density at radius 1 is 1.29 bits per heavy atom.